The number of ether oxygens (including phenoxy) is 1. The number of benzene rings is 2. The van der Waals surface area contributed by atoms with Gasteiger partial charge in [0.05, 0.1) is 18.4 Å². The maximum Gasteiger partial charge on any atom is 0.419 e. The minimum absolute atomic E-state index is 0.220. The van der Waals surface area contributed by atoms with E-state index in [1.54, 1.807) is 14.0 Å². The predicted molar refractivity (Wildman–Crippen MR) is 125 cm³/mol. The first kappa shape index (κ1) is 26.1. The van der Waals surface area contributed by atoms with Crippen LogP contribution >= 0.6 is 0 Å². The number of hydrogen-bond acceptors (Lipinski definition) is 6. The number of hydrogen-bond donors (Lipinski definition) is 2. The van der Waals surface area contributed by atoms with Gasteiger partial charge in [-0.05, 0) is 61.1 Å². The Bertz CT molecular complexity index is 971. The van der Waals surface area contributed by atoms with E-state index in [1.165, 1.54) is 36.0 Å². The number of oxime groups is 1. The Balaban J connectivity index is 0.000000696. The standard InChI is InChI=1S/C21H23F3N2O2.C3H8N2/c1-13(15-9-10-20(27-3)18(11-15)21(22,23)24)26-28-12-17-16(14-7-8-14)5-4-6-19(17)25-2;1-3-5(2)4/h4-6,9-11,14,25H,7-8,12H2,1-3H3;3H,1,4H2,2H3. The van der Waals surface area contributed by atoms with Gasteiger partial charge in [-0.15, -0.1) is 0 Å². The lowest BCUT2D eigenvalue weighted by atomic mass is 10.0. The number of alkyl halides is 3. The van der Waals surface area contributed by atoms with Crippen LogP contribution in [0, 0.1) is 0 Å². The minimum Gasteiger partial charge on any atom is -0.496 e. The Labute approximate surface area is 192 Å². The van der Waals surface area contributed by atoms with Crippen LogP contribution in [-0.4, -0.2) is 31.9 Å². The lowest BCUT2D eigenvalue weighted by Gasteiger charge is -2.14. The molecule has 0 spiro atoms. The van der Waals surface area contributed by atoms with Gasteiger partial charge in [-0.3, -0.25) is 0 Å². The van der Waals surface area contributed by atoms with Crippen molar-refractivity contribution >= 4 is 11.4 Å². The summed E-state index contributed by atoms with van der Waals surface area (Å²) in [5, 5.41) is 8.59. The second kappa shape index (κ2) is 11.6. The number of hydrazine groups is 1. The molecule has 0 amide bonds. The number of nitrogens with two attached hydrogens (primary N) is 1. The Kier molecular flexibility index (Phi) is 9.16. The molecule has 0 saturated heterocycles. The van der Waals surface area contributed by atoms with Crippen LogP contribution in [-0.2, 0) is 17.6 Å². The van der Waals surface area contributed by atoms with E-state index in [9.17, 15) is 13.2 Å². The summed E-state index contributed by atoms with van der Waals surface area (Å²) in [4.78, 5) is 5.51. The van der Waals surface area contributed by atoms with E-state index in [-0.39, 0.29) is 12.4 Å². The van der Waals surface area contributed by atoms with E-state index >= 15 is 0 Å². The van der Waals surface area contributed by atoms with E-state index in [0.717, 1.165) is 30.2 Å². The molecule has 3 N–H and O–H groups in total. The molecule has 1 fully saturated rings. The molecular weight excluding hydrogens is 433 g/mol. The van der Waals surface area contributed by atoms with Crippen molar-refractivity contribution in [3.63, 3.8) is 0 Å². The fourth-order valence-electron chi connectivity index (χ4n) is 3.18. The second-order valence-corrected chi connectivity index (χ2v) is 7.61. The molecule has 0 bridgehead atoms. The first-order chi connectivity index (χ1) is 15.6. The summed E-state index contributed by atoms with van der Waals surface area (Å²) >= 11 is 0. The van der Waals surface area contributed by atoms with Crippen LogP contribution in [0.1, 0.15) is 47.9 Å². The molecular formula is C24H31F3N4O2. The molecule has 0 unspecified atom stereocenters. The van der Waals surface area contributed by atoms with Gasteiger partial charge in [-0.1, -0.05) is 23.9 Å². The first-order valence-corrected chi connectivity index (χ1v) is 10.4. The van der Waals surface area contributed by atoms with Crippen molar-refractivity contribution in [2.45, 2.75) is 38.5 Å². The van der Waals surface area contributed by atoms with Crippen LogP contribution in [0.3, 0.4) is 0 Å². The quantitative estimate of drug-likeness (QED) is 0.306. The second-order valence-electron chi connectivity index (χ2n) is 7.61. The number of nitrogens with zero attached hydrogens (tertiary/aromatic N) is 2. The minimum atomic E-state index is -4.51. The molecule has 3 rings (SSSR count). The molecule has 0 aliphatic heterocycles. The zero-order chi connectivity index (χ0) is 24.6. The highest BCUT2D eigenvalue weighted by Gasteiger charge is 2.34. The van der Waals surface area contributed by atoms with Crippen LogP contribution in [0.25, 0.3) is 0 Å². The Morgan fingerprint density at radius 2 is 1.97 bits per heavy atom. The van der Waals surface area contributed by atoms with Crippen LogP contribution < -0.4 is 15.9 Å². The Morgan fingerprint density at radius 3 is 2.48 bits per heavy atom. The molecule has 0 radical (unpaired) electrons. The Morgan fingerprint density at radius 1 is 1.30 bits per heavy atom. The Hall–Kier alpha value is -3.20. The third-order valence-corrected chi connectivity index (χ3v) is 5.12. The number of methoxy groups -OCH3 is 1. The maximum atomic E-state index is 13.2. The highest BCUT2D eigenvalue weighted by molar-refractivity contribution is 5.98. The van der Waals surface area contributed by atoms with Crippen molar-refractivity contribution in [3.05, 3.63) is 71.4 Å². The van der Waals surface area contributed by atoms with Crippen LogP contribution in [0.4, 0.5) is 18.9 Å². The van der Waals surface area contributed by atoms with Gasteiger partial charge in [0.2, 0.25) is 0 Å². The molecule has 33 heavy (non-hydrogen) atoms. The molecule has 180 valence electrons. The molecule has 0 heterocycles. The fraction of sp³-hybridized carbons (Fsp3) is 0.375. The van der Waals surface area contributed by atoms with Crippen molar-refractivity contribution in [2.24, 2.45) is 11.0 Å². The molecule has 1 aliphatic carbocycles. The fourth-order valence-corrected chi connectivity index (χ4v) is 3.18. The monoisotopic (exact) mass is 464 g/mol. The van der Waals surface area contributed by atoms with Crippen LogP contribution in [0.15, 0.2) is 54.3 Å². The molecule has 6 nitrogen and oxygen atoms in total. The zero-order valence-corrected chi connectivity index (χ0v) is 19.4. The number of rotatable bonds is 8. The van der Waals surface area contributed by atoms with Gasteiger partial charge in [-0.25, -0.2) is 5.84 Å². The van der Waals surface area contributed by atoms with Crippen molar-refractivity contribution in [3.8, 4) is 5.75 Å². The lowest BCUT2D eigenvalue weighted by molar-refractivity contribution is -0.138. The normalized spacial score (nSPS) is 13.5. The van der Waals surface area contributed by atoms with Gasteiger partial charge in [-0.2, -0.15) is 13.2 Å². The average Bonchev–Trinajstić information content (AvgIpc) is 3.63. The van der Waals surface area contributed by atoms with Gasteiger partial charge in [0.1, 0.15) is 12.4 Å². The number of anilines is 1. The largest absolute Gasteiger partial charge is 0.496 e. The summed E-state index contributed by atoms with van der Waals surface area (Å²) in [6.07, 6.45) is -0.656. The highest BCUT2D eigenvalue weighted by atomic mass is 19.4. The van der Waals surface area contributed by atoms with Gasteiger partial charge >= 0.3 is 6.18 Å². The third-order valence-electron chi connectivity index (χ3n) is 5.12. The zero-order valence-electron chi connectivity index (χ0n) is 19.4. The summed E-state index contributed by atoms with van der Waals surface area (Å²) in [5.74, 6) is 5.34. The molecule has 1 aliphatic rings. The van der Waals surface area contributed by atoms with E-state index in [2.05, 4.69) is 23.1 Å². The average molecular weight is 465 g/mol. The molecule has 0 aromatic heterocycles. The van der Waals surface area contributed by atoms with Gasteiger partial charge in [0.25, 0.3) is 0 Å². The van der Waals surface area contributed by atoms with Crippen molar-refractivity contribution < 1.29 is 22.7 Å². The smallest absolute Gasteiger partial charge is 0.419 e. The van der Waals surface area contributed by atoms with Gasteiger partial charge in [0.15, 0.2) is 0 Å². The predicted octanol–water partition coefficient (Wildman–Crippen LogP) is 5.51. The van der Waals surface area contributed by atoms with E-state index in [4.69, 9.17) is 15.4 Å². The third kappa shape index (κ3) is 7.42. The number of halogens is 3. The molecule has 0 atom stereocenters. The highest BCUT2D eigenvalue weighted by Crippen LogP contribution is 2.43. The molecule has 2 aromatic rings. The van der Waals surface area contributed by atoms with E-state index in [0.29, 0.717) is 17.2 Å². The molecule has 2 aromatic carbocycles. The van der Waals surface area contributed by atoms with Crippen LogP contribution in [0.5, 0.6) is 5.75 Å². The summed E-state index contributed by atoms with van der Waals surface area (Å²) in [6, 6.07) is 9.92. The van der Waals surface area contributed by atoms with E-state index < -0.39 is 11.7 Å². The van der Waals surface area contributed by atoms with Gasteiger partial charge in [0, 0.05) is 31.5 Å². The van der Waals surface area contributed by atoms with Crippen molar-refractivity contribution in [2.75, 3.05) is 26.5 Å². The summed E-state index contributed by atoms with van der Waals surface area (Å²) < 4.78 is 44.4. The van der Waals surface area contributed by atoms with Crippen molar-refractivity contribution in [1.82, 2.24) is 5.01 Å². The topological polar surface area (TPSA) is 72.1 Å². The van der Waals surface area contributed by atoms with Crippen LogP contribution in [0.2, 0.25) is 0 Å². The summed E-state index contributed by atoms with van der Waals surface area (Å²) in [7, 11) is 4.78. The lowest BCUT2D eigenvalue weighted by Crippen LogP contribution is -2.17. The van der Waals surface area contributed by atoms with E-state index in [1.807, 2.05) is 19.2 Å². The number of nitrogens with one attached hydrogen (secondary N) is 1. The van der Waals surface area contributed by atoms with Gasteiger partial charge < -0.3 is 19.9 Å². The summed E-state index contributed by atoms with van der Waals surface area (Å²) in [5.41, 5.74) is 3.11. The first-order valence-electron chi connectivity index (χ1n) is 10.4. The molecule has 1 saturated carbocycles. The maximum absolute atomic E-state index is 13.2. The summed E-state index contributed by atoms with van der Waals surface area (Å²) in [6.45, 7) is 5.23. The molecule has 9 heteroatoms. The van der Waals surface area contributed by atoms with Crippen molar-refractivity contribution in [1.29, 1.82) is 0 Å². The SMILES string of the molecule is C=CN(C)N.CNc1cccc(C2CC2)c1CON=C(C)c1ccc(OC)c(C(F)(F)F)c1.